The topological polar surface area (TPSA) is 38.0 Å². The summed E-state index contributed by atoms with van der Waals surface area (Å²) in [5, 5.41) is 3.27. The van der Waals surface area contributed by atoms with Gasteiger partial charge in [-0.05, 0) is 26.3 Å². The number of nitrogens with one attached hydrogen (secondary N) is 1. The second-order valence-electron chi connectivity index (χ2n) is 4.85. The van der Waals surface area contributed by atoms with Gasteiger partial charge in [0.25, 0.3) is 0 Å². The van der Waals surface area contributed by atoms with Gasteiger partial charge in [-0.15, -0.1) is 0 Å². The van der Waals surface area contributed by atoms with E-state index in [1.54, 1.807) is 0 Å². The maximum Gasteiger partial charge on any atom is 0.0354 e. The van der Waals surface area contributed by atoms with Gasteiger partial charge >= 0.3 is 0 Å². The second kappa shape index (κ2) is 4.63. The van der Waals surface area contributed by atoms with Crippen LogP contribution in [-0.2, 0) is 0 Å². The van der Waals surface area contributed by atoms with Crippen molar-refractivity contribution >= 4 is 0 Å². The van der Waals surface area contributed by atoms with Gasteiger partial charge in [0.2, 0.25) is 0 Å². The van der Waals surface area contributed by atoms with Gasteiger partial charge in [0, 0.05) is 31.0 Å². The lowest BCUT2D eigenvalue weighted by Gasteiger charge is -2.17. The molecule has 0 saturated carbocycles. The smallest absolute Gasteiger partial charge is 0.0354 e. The van der Waals surface area contributed by atoms with Gasteiger partial charge in [0.1, 0.15) is 0 Å². The first kappa shape index (κ1) is 11.3. The van der Waals surface area contributed by atoms with Gasteiger partial charge in [0.15, 0.2) is 0 Å². The SMILES string of the molecule is CC(C)(C)C#CCC1=CC(N)CNC1. The second-order valence-corrected chi connectivity index (χ2v) is 4.85. The van der Waals surface area contributed by atoms with Crippen molar-refractivity contribution in [2.45, 2.75) is 33.2 Å². The van der Waals surface area contributed by atoms with Crippen LogP contribution in [0.4, 0.5) is 0 Å². The molecule has 0 aliphatic carbocycles. The molecular formula is C12H20N2. The zero-order valence-corrected chi connectivity index (χ0v) is 9.35. The molecule has 2 nitrogen and oxygen atoms in total. The molecule has 0 bridgehead atoms. The molecular weight excluding hydrogens is 172 g/mol. The molecule has 78 valence electrons. The molecule has 0 saturated heterocycles. The van der Waals surface area contributed by atoms with Crippen LogP contribution in [0.1, 0.15) is 27.2 Å². The van der Waals surface area contributed by atoms with Crippen LogP contribution in [0, 0.1) is 17.3 Å². The van der Waals surface area contributed by atoms with E-state index in [4.69, 9.17) is 5.73 Å². The molecule has 1 atom stereocenters. The molecule has 1 unspecified atom stereocenters. The van der Waals surface area contributed by atoms with Crippen molar-refractivity contribution < 1.29 is 0 Å². The molecule has 0 amide bonds. The minimum absolute atomic E-state index is 0.102. The van der Waals surface area contributed by atoms with Gasteiger partial charge in [0.05, 0.1) is 0 Å². The van der Waals surface area contributed by atoms with E-state index in [1.165, 1.54) is 5.57 Å². The zero-order valence-electron chi connectivity index (χ0n) is 9.35. The highest BCUT2D eigenvalue weighted by Gasteiger charge is 2.08. The molecule has 0 spiro atoms. The minimum Gasteiger partial charge on any atom is -0.323 e. The van der Waals surface area contributed by atoms with Crippen molar-refractivity contribution in [2.24, 2.45) is 11.1 Å². The van der Waals surface area contributed by atoms with Crippen molar-refractivity contribution in [2.75, 3.05) is 13.1 Å². The Hall–Kier alpha value is -0.780. The predicted molar refractivity (Wildman–Crippen MR) is 60.8 cm³/mol. The molecule has 2 heteroatoms. The summed E-state index contributed by atoms with van der Waals surface area (Å²) in [6, 6.07) is 0.162. The Balaban J connectivity index is 2.48. The summed E-state index contributed by atoms with van der Waals surface area (Å²) in [7, 11) is 0. The maximum atomic E-state index is 5.80. The lowest BCUT2D eigenvalue weighted by molar-refractivity contribution is 0.570. The lowest BCUT2D eigenvalue weighted by atomic mass is 9.97. The normalized spacial score (nSPS) is 22.3. The summed E-state index contributed by atoms with van der Waals surface area (Å²) in [6.07, 6.45) is 2.98. The fourth-order valence-corrected chi connectivity index (χ4v) is 1.36. The molecule has 0 aromatic rings. The van der Waals surface area contributed by atoms with Crippen LogP contribution in [0.15, 0.2) is 11.6 Å². The fraction of sp³-hybridized carbons (Fsp3) is 0.667. The molecule has 0 aromatic heterocycles. The van der Waals surface area contributed by atoms with Crippen LogP contribution < -0.4 is 11.1 Å². The van der Waals surface area contributed by atoms with Gasteiger partial charge in [-0.3, -0.25) is 0 Å². The molecule has 1 aliphatic rings. The summed E-state index contributed by atoms with van der Waals surface area (Å²) in [4.78, 5) is 0. The Kier molecular flexibility index (Phi) is 3.74. The van der Waals surface area contributed by atoms with Crippen LogP contribution in [0.5, 0.6) is 0 Å². The van der Waals surface area contributed by atoms with Crippen molar-refractivity contribution in [3.8, 4) is 11.8 Å². The molecule has 0 aromatic carbocycles. The van der Waals surface area contributed by atoms with Gasteiger partial charge in [-0.1, -0.05) is 17.9 Å². The van der Waals surface area contributed by atoms with Gasteiger partial charge in [-0.25, -0.2) is 0 Å². The average molecular weight is 192 g/mol. The number of rotatable bonds is 1. The third kappa shape index (κ3) is 4.45. The molecule has 1 rings (SSSR count). The van der Waals surface area contributed by atoms with Crippen LogP contribution in [0.25, 0.3) is 0 Å². The Morgan fingerprint density at radius 1 is 1.57 bits per heavy atom. The Morgan fingerprint density at radius 2 is 2.29 bits per heavy atom. The number of hydrogen-bond donors (Lipinski definition) is 2. The van der Waals surface area contributed by atoms with Crippen LogP contribution in [0.3, 0.4) is 0 Å². The number of hydrogen-bond acceptors (Lipinski definition) is 2. The largest absolute Gasteiger partial charge is 0.323 e. The molecule has 14 heavy (non-hydrogen) atoms. The van der Waals surface area contributed by atoms with E-state index in [9.17, 15) is 0 Å². The monoisotopic (exact) mass is 192 g/mol. The Bertz CT molecular complexity index is 273. The third-order valence-corrected chi connectivity index (χ3v) is 1.96. The Labute approximate surface area is 86.9 Å². The van der Waals surface area contributed by atoms with Gasteiger partial charge < -0.3 is 11.1 Å². The Morgan fingerprint density at radius 3 is 2.86 bits per heavy atom. The first-order chi connectivity index (χ1) is 6.47. The highest BCUT2D eigenvalue weighted by atomic mass is 14.9. The van der Waals surface area contributed by atoms with Gasteiger partial charge in [-0.2, -0.15) is 0 Å². The van der Waals surface area contributed by atoms with E-state index >= 15 is 0 Å². The molecule has 1 aliphatic heterocycles. The highest BCUT2D eigenvalue weighted by molar-refractivity contribution is 5.20. The van der Waals surface area contributed by atoms with E-state index in [2.05, 4.69) is 44.0 Å². The molecule has 3 N–H and O–H groups in total. The van der Waals surface area contributed by atoms with Crippen LogP contribution >= 0.6 is 0 Å². The van der Waals surface area contributed by atoms with E-state index in [0.29, 0.717) is 0 Å². The number of nitrogens with two attached hydrogens (primary N) is 1. The summed E-state index contributed by atoms with van der Waals surface area (Å²) >= 11 is 0. The van der Waals surface area contributed by atoms with Crippen molar-refractivity contribution in [3.63, 3.8) is 0 Å². The fourth-order valence-electron chi connectivity index (χ4n) is 1.36. The van der Waals surface area contributed by atoms with Crippen molar-refractivity contribution in [1.82, 2.24) is 5.32 Å². The van der Waals surface area contributed by atoms with E-state index in [-0.39, 0.29) is 11.5 Å². The van der Waals surface area contributed by atoms with E-state index in [0.717, 1.165) is 19.5 Å². The summed E-state index contributed by atoms with van der Waals surface area (Å²) < 4.78 is 0. The summed E-state index contributed by atoms with van der Waals surface area (Å²) in [5.41, 5.74) is 7.22. The third-order valence-electron chi connectivity index (χ3n) is 1.96. The van der Waals surface area contributed by atoms with Crippen molar-refractivity contribution in [1.29, 1.82) is 0 Å². The first-order valence-corrected chi connectivity index (χ1v) is 5.13. The van der Waals surface area contributed by atoms with Crippen LogP contribution in [-0.4, -0.2) is 19.1 Å². The molecule has 0 radical (unpaired) electrons. The highest BCUT2D eigenvalue weighted by Crippen LogP contribution is 2.11. The molecule has 0 fully saturated rings. The predicted octanol–water partition coefficient (Wildman–Crippen LogP) is 1.28. The lowest BCUT2D eigenvalue weighted by Crippen LogP contribution is -2.37. The summed E-state index contributed by atoms with van der Waals surface area (Å²) in [5.74, 6) is 6.43. The summed E-state index contributed by atoms with van der Waals surface area (Å²) in [6.45, 7) is 8.19. The standard InChI is InChI=1S/C12H20N2/c1-12(2,3)6-4-5-10-7-11(13)9-14-8-10/h7,11,14H,5,8-9,13H2,1-3H3. The quantitative estimate of drug-likeness (QED) is 0.485. The zero-order chi connectivity index (χ0) is 10.6. The average Bonchev–Trinajstić information content (AvgIpc) is 2.01. The van der Waals surface area contributed by atoms with E-state index < -0.39 is 0 Å². The van der Waals surface area contributed by atoms with Crippen molar-refractivity contribution in [3.05, 3.63) is 11.6 Å². The minimum atomic E-state index is 0.102. The molecule has 1 heterocycles. The maximum absolute atomic E-state index is 5.80. The first-order valence-electron chi connectivity index (χ1n) is 5.13. The van der Waals surface area contributed by atoms with E-state index in [1.807, 2.05) is 0 Å². The van der Waals surface area contributed by atoms with Crippen LogP contribution in [0.2, 0.25) is 0 Å².